The van der Waals surface area contributed by atoms with Crippen molar-refractivity contribution in [2.45, 2.75) is 82.7 Å². The number of para-hydroxylation sites is 1. The lowest BCUT2D eigenvalue weighted by molar-refractivity contribution is -0.136. The molecule has 13 nitrogen and oxygen atoms in total. The van der Waals surface area contributed by atoms with Gasteiger partial charge >= 0.3 is 0 Å². The van der Waals surface area contributed by atoms with Crippen LogP contribution >= 0.6 is 15.9 Å². The van der Waals surface area contributed by atoms with E-state index in [0.717, 1.165) is 103 Å². The van der Waals surface area contributed by atoms with E-state index in [2.05, 4.69) is 53.6 Å². The molecule has 2 aromatic heterocycles. The number of halogens is 1. The highest BCUT2D eigenvalue weighted by molar-refractivity contribution is 9.10. The minimum atomic E-state index is -1.06. The van der Waals surface area contributed by atoms with Crippen LogP contribution in [0.25, 0.3) is 22.2 Å². The SMILES string of the molecule is O=C(CCCCCCCCN1CCC[C@@H](Nc2ncc(Br)c(-c3c[nH]c4ccccc34)n2)C1)COc1cccc2c1C(=O)N(C1CCC(=O)NC1=O)C2=O. The zero-order chi connectivity index (χ0) is 37.6. The molecule has 3 aliphatic heterocycles. The first kappa shape index (κ1) is 37.4. The second kappa shape index (κ2) is 17.0. The van der Waals surface area contributed by atoms with Gasteiger partial charge in [0.15, 0.2) is 5.78 Å². The Balaban J connectivity index is 0.784. The summed E-state index contributed by atoms with van der Waals surface area (Å²) in [5.74, 6) is -1.67. The number of imide groups is 2. The number of Topliss-reactive ketones (excluding diaryl/α,β-unsaturated/α-hetero) is 1. The molecule has 5 heterocycles. The lowest BCUT2D eigenvalue weighted by Crippen LogP contribution is -2.54. The van der Waals surface area contributed by atoms with Gasteiger partial charge in [0, 0.05) is 54.3 Å². The predicted molar refractivity (Wildman–Crippen MR) is 206 cm³/mol. The van der Waals surface area contributed by atoms with Crippen LogP contribution in [0.5, 0.6) is 5.75 Å². The minimum Gasteiger partial charge on any atom is -0.485 e. The van der Waals surface area contributed by atoms with Crippen LogP contribution < -0.4 is 15.4 Å². The fourth-order valence-electron chi connectivity index (χ4n) is 7.65. The number of nitrogens with zero attached hydrogens (tertiary/aromatic N) is 4. The highest BCUT2D eigenvalue weighted by atomic mass is 79.9. The van der Waals surface area contributed by atoms with E-state index in [1.807, 2.05) is 24.5 Å². The molecule has 2 atom stereocenters. The summed E-state index contributed by atoms with van der Waals surface area (Å²) in [5.41, 5.74) is 3.15. The maximum atomic E-state index is 13.2. The van der Waals surface area contributed by atoms with Crippen molar-refractivity contribution < 1.29 is 28.7 Å². The quantitative estimate of drug-likeness (QED) is 0.0899. The Morgan fingerprint density at radius 3 is 2.61 bits per heavy atom. The van der Waals surface area contributed by atoms with Crippen molar-refractivity contribution in [2.75, 3.05) is 31.6 Å². The van der Waals surface area contributed by atoms with Gasteiger partial charge in [-0.15, -0.1) is 0 Å². The highest BCUT2D eigenvalue weighted by Crippen LogP contribution is 2.35. The number of hydrogen-bond donors (Lipinski definition) is 3. The molecule has 0 bridgehead atoms. The fraction of sp³-hybridized carbons (Fsp3) is 0.425. The van der Waals surface area contributed by atoms with Crippen molar-refractivity contribution in [2.24, 2.45) is 0 Å². The van der Waals surface area contributed by atoms with Gasteiger partial charge in [-0.3, -0.25) is 34.2 Å². The van der Waals surface area contributed by atoms with E-state index in [4.69, 9.17) is 9.72 Å². The van der Waals surface area contributed by atoms with Crippen molar-refractivity contribution in [3.63, 3.8) is 0 Å². The zero-order valence-electron chi connectivity index (χ0n) is 30.1. The smallest absolute Gasteiger partial charge is 0.266 e. The molecular formula is C40H44BrN7O6. The molecule has 54 heavy (non-hydrogen) atoms. The Morgan fingerprint density at radius 2 is 1.76 bits per heavy atom. The Hall–Kier alpha value is -4.95. The molecular weight excluding hydrogens is 754 g/mol. The van der Waals surface area contributed by atoms with Crippen molar-refractivity contribution in [3.05, 3.63) is 70.5 Å². The number of fused-ring (bicyclic) bond motifs is 2. The Bertz CT molecular complexity index is 2070. The molecule has 4 aromatic rings. The van der Waals surface area contributed by atoms with Gasteiger partial charge in [0.2, 0.25) is 17.8 Å². The summed E-state index contributed by atoms with van der Waals surface area (Å²) in [6, 6.07) is 12.1. The summed E-state index contributed by atoms with van der Waals surface area (Å²) in [6.45, 7) is 2.90. The van der Waals surface area contributed by atoms with Gasteiger partial charge in [-0.2, -0.15) is 0 Å². The first-order valence-corrected chi connectivity index (χ1v) is 19.6. The van der Waals surface area contributed by atoms with E-state index in [0.29, 0.717) is 12.4 Å². The standard InChI is InChI=1S/C40H44BrN7O6/c41-30-22-43-40(46-36(30)29-21-42-31-15-7-6-13-27(29)31)44-25-11-10-20-47(23-25)19-8-4-2-1-3-5-12-26(49)24-54-33-16-9-14-28-35(33)39(53)48(38(28)52)32-17-18-34(50)45-37(32)51/h6-7,9,13-16,21-22,25,32,42H,1-5,8,10-12,17-20,23-24H2,(H,43,44,46)(H,45,50,51)/t25-,32?/m1/s1. The summed E-state index contributed by atoms with van der Waals surface area (Å²) in [4.78, 5) is 79.0. The Labute approximate surface area is 321 Å². The number of rotatable bonds is 16. The van der Waals surface area contributed by atoms with Crippen LogP contribution in [0.15, 0.2) is 59.3 Å². The molecule has 0 saturated carbocycles. The van der Waals surface area contributed by atoms with Crippen LogP contribution in [0.4, 0.5) is 5.95 Å². The first-order chi connectivity index (χ1) is 26.3. The number of piperidine rings is 2. The number of H-pyrrole nitrogens is 1. The van der Waals surface area contributed by atoms with Gasteiger partial charge in [0.25, 0.3) is 11.8 Å². The van der Waals surface area contributed by atoms with E-state index < -0.39 is 29.7 Å². The average molecular weight is 799 g/mol. The van der Waals surface area contributed by atoms with Crippen LogP contribution in [0.2, 0.25) is 0 Å². The average Bonchev–Trinajstić information content (AvgIpc) is 3.71. The van der Waals surface area contributed by atoms with E-state index in [9.17, 15) is 24.0 Å². The number of hydrogen-bond acceptors (Lipinski definition) is 10. The number of carbonyl (C=O) groups excluding carboxylic acids is 5. The molecule has 3 N–H and O–H groups in total. The number of amides is 4. The normalized spacial score (nSPS) is 18.9. The van der Waals surface area contributed by atoms with E-state index in [1.54, 1.807) is 12.1 Å². The van der Waals surface area contributed by atoms with Gasteiger partial charge in [-0.05, 0) is 79.3 Å². The molecule has 7 rings (SSSR count). The van der Waals surface area contributed by atoms with Gasteiger partial charge in [0.05, 0.1) is 21.3 Å². The number of ketones is 1. The van der Waals surface area contributed by atoms with Crippen molar-refractivity contribution in [1.82, 2.24) is 30.1 Å². The monoisotopic (exact) mass is 797 g/mol. The van der Waals surface area contributed by atoms with Crippen molar-refractivity contribution >= 4 is 62.2 Å². The predicted octanol–water partition coefficient (Wildman–Crippen LogP) is 6.04. The van der Waals surface area contributed by atoms with Crippen LogP contribution in [0, 0.1) is 0 Å². The number of unbranched alkanes of at least 4 members (excludes halogenated alkanes) is 5. The van der Waals surface area contributed by atoms with Crippen LogP contribution in [0.3, 0.4) is 0 Å². The summed E-state index contributed by atoms with van der Waals surface area (Å²) < 4.78 is 6.59. The number of anilines is 1. The minimum absolute atomic E-state index is 0.0406. The van der Waals surface area contributed by atoms with Crippen LogP contribution in [0.1, 0.15) is 91.3 Å². The maximum Gasteiger partial charge on any atom is 0.266 e. The molecule has 2 fully saturated rings. The van der Waals surface area contributed by atoms with Crippen molar-refractivity contribution in [3.8, 4) is 17.0 Å². The third-order valence-corrected chi connectivity index (χ3v) is 11.0. The molecule has 0 aliphatic carbocycles. The fourth-order valence-corrected chi connectivity index (χ4v) is 8.06. The summed E-state index contributed by atoms with van der Waals surface area (Å²) in [6.07, 6.45) is 12.6. The third-order valence-electron chi connectivity index (χ3n) is 10.4. The lowest BCUT2D eigenvalue weighted by atomic mass is 10.0. The van der Waals surface area contributed by atoms with Crippen LogP contribution in [-0.4, -0.2) is 92.5 Å². The Morgan fingerprint density at radius 1 is 0.944 bits per heavy atom. The zero-order valence-corrected chi connectivity index (χ0v) is 31.7. The number of aromatic nitrogens is 3. The third kappa shape index (κ3) is 8.39. The largest absolute Gasteiger partial charge is 0.485 e. The number of nitrogens with one attached hydrogen (secondary N) is 3. The van der Waals surface area contributed by atoms with Gasteiger partial charge in [-0.1, -0.05) is 49.9 Å². The topological polar surface area (TPSA) is 167 Å². The van der Waals surface area contributed by atoms with E-state index in [1.165, 1.54) is 6.07 Å². The maximum absolute atomic E-state index is 13.2. The second-order valence-corrected chi connectivity index (χ2v) is 15.1. The molecule has 2 aromatic carbocycles. The molecule has 3 aliphatic rings. The number of carbonyl (C=O) groups is 5. The first-order valence-electron chi connectivity index (χ1n) is 18.8. The Kier molecular flexibility index (Phi) is 11.8. The molecule has 1 unspecified atom stereocenters. The highest BCUT2D eigenvalue weighted by Gasteiger charge is 2.46. The molecule has 2 saturated heterocycles. The molecule has 0 radical (unpaired) electrons. The molecule has 0 spiro atoms. The summed E-state index contributed by atoms with van der Waals surface area (Å²) >= 11 is 3.64. The van der Waals surface area contributed by atoms with E-state index in [-0.39, 0.29) is 48.2 Å². The number of benzene rings is 2. The summed E-state index contributed by atoms with van der Waals surface area (Å²) in [7, 11) is 0. The van der Waals surface area contributed by atoms with E-state index >= 15 is 0 Å². The van der Waals surface area contributed by atoms with Gasteiger partial charge < -0.3 is 19.9 Å². The summed E-state index contributed by atoms with van der Waals surface area (Å²) in [5, 5.41) is 6.90. The van der Waals surface area contributed by atoms with Gasteiger partial charge in [0.1, 0.15) is 18.4 Å². The number of likely N-dealkylation sites (tertiary alicyclic amines) is 1. The van der Waals surface area contributed by atoms with Crippen LogP contribution in [-0.2, 0) is 14.4 Å². The molecule has 282 valence electrons. The second-order valence-electron chi connectivity index (χ2n) is 14.2. The molecule has 14 heteroatoms. The number of aromatic amines is 1. The van der Waals surface area contributed by atoms with Crippen molar-refractivity contribution in [1.29, 1.82) is 0 Å². The number of ether oxygens (including phenoxy) is 1. The molecule has 4 amide bonds. The lowest BCUT2D eigenvalue weighted by Gasteiger charge is -2.33. The van der Waals surface area contributed by atoms with Gasteiger partial charge in [-0.25, -0.2) is 9.97 Å².